The van der Waals surface area contributed by atoms with E-state index in [9.17, 15) is 0 Å². The molecule has 1 heterocycles. The van der Waals surface area contributed by atoms with Crippen LogP contribution in [-0.4, -0.2) is 24.2 Å². The first-order valence-corrected chi connectivity index (χ1v) is 6.12. The van der Waals surface area contributed by atoms with Gasteiger partial charge in [0, 0.05) is 18.9 Å². The van der Waals surface area contributed by atoms with E-state index < -0.39 is 0 Å². The molecule has 2 rings (SSSR count). The normalized spacial score (nSPS) is 10.2. The molecular weight excluding hydrogens is 258 g/mol. The van der Waals surface area contributed by atoms with Gasteiger partial charge in [-0.3, -0.25) is 0 Å². The number of hydrogen-bond donors (Lipinski definition) is 1. The highest BCUT2D eigenvalue weighted by atomic mass is 16.5. The molecule has 6 nitrogen and oxygen atoms in total. The molecule has 106 valence electrons. The minimum atomic E-state index is 0.232. The molecule has 0 bridgehead atoms. The summed E-state index contributed by atoms with van der Waals surface area (Å²) >= 11 is 0. The van der Waals surface area contributed by atoms with Crippen LogP contribution in [0.5, 0.6) is 17.2 Å². The number of benzene rings is 1. The Morgan fingerprint density at radius 1 is 1.05 bits per heavy atom. The summed E-state index contributed by atoms with van der Waals surface area (Å²) in [6.45, 7) is 0.629. The van der Waals surface area contributed by atoms with Gasteiger partial charge in [0.1, 0.15) is 6.61 Å². The van der Waals surface area contributed by atoms with Crippen LogP contribution in [0, 0.1) is 0 Å². The van der Waals surface area contributed by atoms with Crippen LogP contribution < -0.4 is 19.9 Å². The summed E-state index contributed by atoms with van der Waals surface area (Å²) in [6.07, 6.45) is 3.33. The van der Waals surface area contributed by atoms with Crippen LogP contribution in [0.15, 0.2) is 30.6 Å². The monoisotopic (exact) mass is 275 g/mol. The average molecular weight is 275 g/mol. The van der Waals surface area contributed by atoms with E-state index in [0.717, 1.165) is 5.56 Å². The fraction of sp³-hybridized carbons (Fsp3) is 0.286. The Bertz CT molecular complexity index is 536. The largest absolute Gasteiger partial charge is 0.493 e. The van der Waals surface area contributed by atoms with Crippen molar-refractivity contribution in [3.63, 3.8) is 0 Å². The summed E-state index contributed by atoms with van der Waals surface area (Å²) in [5.74, 6) is 2.24. The van der Waals surface area contributed by atoms with Crippen molar-refractivity contribution in [1.29, 1.82) is 0 Å². The summed E-state index contributed by atoms with van der Waals surface area (Å²) in [4.78, 5) is 8.20. The van der Waals surface area contributed by atoms with E-state index in [2.05, 4.69) is 9.97 Å². The quantitative estimate of drug-likeness (QED) is 0.861. The summed E-state index contributed by atoms with van der Waals surface area (Å²) in [5, 5.41) is 0. The van der Waals surface area contributed by atoms with Crippen molar-refractivity contribution >= 4 is 0 Å². The molecule has 2 N–H and O–H groups in total. The smallest absolute Gasteiger partial charge is 0.204 e. The number of hydrogen-bond acceptors (Lipinski definition) is 6. The second-order valence-electron chi connectivity index (χ2n) is 3.99. The van der Waals surface area contributed by atoms with E-state index in [1.54, 1.807) is 32.7 Å². The third kappa shape index (κ3) is 3.16. The molecule has 0 spiro atoms. The molecule has 2 aromatic rings. The molecule has 0 aliphatic heterocycles. The standard InChI is InChI=1S/C14H17N3O3/c1-18-11-6-10(8-15)7-12(19-2)14(11)20-9-13-16-4-3-5-17-13/h3-7H,8-9,15H2,1-2H3. The minimum absolute atomic E-state index is 0.232. The maximum atomic E-state index is 5.72. The lowest BCUT2D eigenvalue weighted by atomic mass is 10.2. The molecule has 0 aliphatic rings. The van der Waals surface area contributed by atoms with E-state index >= 15 is 0 Å². The van der Waals surface area contributed by atoms with Crippen LogP contribution in [0.3, 0.4) is 0 Å². The number of nitrogens with zero attached hydrogens (tertiary/aromatic N) is 2. The SMILES string of the molecule is COc1cc(CN)cc(OC)c1OCc1ncccn1. The summed E-state index contributed by atoms with van der Waals surface area (Å²) in [6, 6.07) is 5.40. The molecule has 0 amide bonds. The van der Waals surface area contributed by atoms with Crippen molar-refractivity contribution in [2.24, 2.45) is 5.73 Å². The van der Waals surface area contributed by atoms with Crippen molar-refractivity contribution in [2.75, 3.05) is 14.2 Å². The van der Waals surface area contributed by atoms with Gasteiger partial charge < -0.3 is 19.9 Å². The molecule has 20 heavy (non-hydrogen) atoms. The number of aromatic nitrogens is 2. The van der Waals surface area contributed by atoms with Crippen molar-refractivity contribution in [1.82, 2.24) is 9.97 Å². The number of nitrogens with two attached hydrogens (primary N) is 1. The van der Waals surface area contributed by atoms with Gasteiger partial charge in [0.05, 0.1) is 14.2 Å². The van der Waals surface area contributed by atoms with Crippen molar-refractivity contribution in [3.05, 3.63) is 42.0 Å². The van der Waals surface area contributed by atoms with Crippen LogP contribution >= 0.6 is 0 Å². The fourth-order valence-corrected chi connectivity index (χ4v) is 1.74. The van der Waals surface area contributed by atoms with Gasteiger partial charge in [0.2, 0.25) is 5.75 Å². The van der Waals surface area contributed by atoms with Crippen LogP contribution in [0.2, 0.25) is 0 Å². The molecule has 0 saturated heterocycles. The number of rotatable bonds is 6. The lowest BCUT2D eigenvalue weighted by molar-refractivity contribution is 0.259. The summed E-state index contributed by atoms with van der Waals surface area (Å²) in [5.41, 5.74) is 6.54. The first-order valence-electron chi connectivity index (χ1n) is 6.12. The van der Waals surface area contributed by atoms with Crippen LogP contribution in [-0.2, 0) is 13.2 Å². The third-order valence-electron chi connectivity index (χ3n) is 2.72. The zero-order valence-corrected chi connectivity index (χ0v) is 11.5. The van der Waals surface area contributed by atoms with E-state index in [1.807, 2.05) is 12.1 Å². The van der Waals surface area contributed by atoms with E-state index in [-0.39, 0.29) is 6.61 Å². The molecule has 0 saturated carbocycles. The van der Waals surface area contributed by atoms with Gasteiger partial charge in [-0.05, 0) is 23.8 Å². The Morgan fingerprint density at radius 2 is 1.65 bits per heavy atom. The second kappa shape index (κ2) is 6.72. The Hall–Kier alpha value is -2.34. The molecule has 0 atom stereocenters. The van der Waals surface area contributed by atoms with E-state index in [1.165, 1.54) is 0 Å². The number of methoxy groups -OCH3 is 2. The average Bonchev–Trinajstić information content (AvgIpc) is 2.52. The molecule has 1 aromatic carbocycles. The van der Waals surface area contributed by atoms with E-state index in [0.29, 0.717) is 29.6 Å². The van der Waals surface area contributed by atoms with Gasteiger partial charge in [-0.15, -0.1) is 0 Å². The zero-order valence-electron chi connectivity index (χ0n) is 11.5. The summed E-state index contributed by atoms with van der Waals surface area (Å²) in [7, 11) is 3.14. The molecule has 0 aliphatic carbocycles. The molecule has 0 unspecified atom stereocenters. The maximum absolute atomic E-state index is 5.72. The Balaban J connectivity index is 2.25. The first kappa shape index (κ1) is 14.1. The van der Waals surface area contributed by atoms with Crippen molar-refractivity contribution in [2.45, 2.75) is 13.2 Å². The Kier molecular flexibility index (Phi) is 4.73. The van der Waals surface area contributed by atoms with Crippen molar-refractivity contribution < 1.29 is 14.2 Å². The van der Waals surface area contributed by atoms with Crippen LogP contribution in [0.4, 0.5) is 0 Å². The Labute approximate surface area is 117 Å². The van der Waals surface area contributed by atoms with E-state index in [4.69, 9.17) is 19.9 Å². The van der Waals surface area contributed by atoms with Gasteiger partial charge in [-0.1, -0.05) is 0 Å². The lowest BCUT2D eigenvalue weighted by Crippen LogP contribution is -2.05. The lowest BCUT2D eigenvalue weighted by Gasteiger charge is -2.15. The summed E-state index contributed by atoms with van der Waals surface area (Å²) < 4.78 is 16.4. The molecule has 0 radical (unpaired) electrons. The highest BCUT2D eigenvalue weighted by molar-refractivity contribution is 5.53. The minimum Gasteiger partial charge on any atom is -0.493 e. The highest BCUT2D eigenvalue weighted by Crippen LogP contribution is 2.38. The first-order chi connectivity index (χ1) is 9.78. The Morgan fingerprint density at radius 3 is 2.15 bits per heavy atom. The number of ether oxygens (including phenoxy) is 3. The third-order valence-corrected chi connectivity index (χ3v) is 2.72. The van der Waals surface area contributed by atoms with Gasteiger partial charge >= 0.3 is 0 Å². The topological polar surface area (TPSA) is 79.5 Å². The van der Waals surface area contributed by atoms with Gasteiger partial charge in [0.25, 0.3) is 0 Å². The highest BCUT2D eigenvalue weighted by Gasteiger charge is 2.14. The van der Waals surface area contributed by atoms with Gasteiger partial charge in [0.15, 0.2) is 17.3 Å². The van der Waals surface area contributed by atoms with Gasteiger partial charge in [-0.2, -0.15) is 0 Å². The molecule has 1 aromatic heterocycles. The maximum Gasteiger partial charge on any atom is 0.204 e. The van der Waals surface area contributed by atoms with Crippen LogP contribution in [0.1, 0.15) is 11.4 Å². The van der Waals surface area contributed by atoms with Gasteiger partial charge in [-0.25, -0.2) is 9.97 Å². The molecular formula is C14H17N3O3. The molecule has 0 fully saturated rings. The van der Waals surface area contributed by atoms with Crippen molar-refractivity contribution in [3.8, 4) is 17.2 Å². The molecule has 6 heteroatoms. The zero-order chi connectivity index (χ0) is 14.4. The predicted molar refractivity (Wildman–Crippen MR) is 73.8 cm³/mol. The second-order valence-corrected chi connectivity index (χ2v) is 3.99. The predicted octanol–water partition coefficient (Wildman–Crippen LogP) is 1.53. The fourth-order valence-electron chi connectivity index (χ4n) is 1.74. The van der Waals surface area contributed by atoms with Crippen LogP contribution in [0.25, 0.3) is 0 Å².